The van der Waals surface area contributed by atoms with E-state index in [0.29, 0.717) is 85.4 Å². The number of amides is 1. The average molecular weight is 1690 g/mol. The second-order valence-electron chi connectivity index (χ2n) is 35.9. The number of carboxylic acids is 1. The predicted molar refractivity (Wildman–Crippen MR) is 487 cm³/mol. The van der Waals surface area contributed by atoms with Crippen molar-refractivity contribution in [1.82, 2.24) is 10.3 Å². The van der Waals surface area contributed by atoms with Gasteiger partial charge in [0.15, 0.2) is 11.2 Å². The number of nitrogens with one attached hydrogen (secondary N) is 2. The van der Waals surface area contributed by atoms with Crippen LogP contribution in [-0.4, -0.2) is 117 Å². The smallest absolute Gasteiger partial charge is 0.339 e. The number of aromatic carboxylic acids is 1. The van der Waals surface area contributed by atoms with Crippen molar-refractivity contribution >= 4 is 78.9 Å². The lowest BCUT2D eigenvalue weighted by Gasteiger charge is -2.65. The molecular formula is C102H130N2O19. The van der Waals surface area contributed by atoms with E-state index in [0.717, 1.165) is 92.4 Å². The van der Waals surface area contributed by atoms with Crippen molar-refractivity contribution in [2.45, 2.75) is 268 Å². The van der Waals surface area contributed by atoms with Gasteiger partial charge < -0.3 is 80.0 Å². The molecule has 10 atom stereocenters. The maximum absolute atomic E-state index is 12.2. The van der Waals surface area contributed by atoms with Crippen molar-refractivity contribution in [3.8, 4) is 40.2 Å². The Hall–Kier alpha value is -10.9. The van der Waals surface area contributed by atoms with Crippen LogP contribution in [-0.2, 0) is 30.9 Å². The number of phenolic OH excluding ortho intramolecular Hbond substituents is 5. The van der Waals surface area contributed by atoms with Gasteiger partial charge in [0.2, 0.25) is 11.7 Å². The fourth-order valence-corrected chi connectivity index (χ4v) is 19.5. The fourth-order valence-electron chi connectivity index (χ4n) is 19.5. The van der Waals surface area contributed by atoms with E-state index in [1.54, 1.807) is 64.4 Å². The van der Waals surface area contributed by atoms with Crippen LogP contribution in [0.2, 0.25) is 0 Å². The number of aromatic amines is 1. The molecule has 1 amide bonds. The number of esters is 1. The number of methoxy groups -OCH3 is 1. The first-order chi connectivity index (χ1) is 58.0. The van der Waals surface area contributed by atoms with Crippen LogP contribution in [0, 0.1) is 70.1 Å². The molecule has 3 aliphatic carbocycles. The number of hydrogen-bond donors (Lipinski definition) is 12. The number of H-pyrrole nitrogens is 1. The van der Waals surface area contributed by atoms with Gasteiger partial charge in [0.25, 0.3) is 0 Å². The topological polar surface area (TPSA) is 356 Å². The van der Waals surface area contributed by atoms with Crippen LogP contribution in [0.25, 0.3) is 55.3 Å². The molecule has 12 N–H and O–H groups in total. The number of ether oxygens (including phenoxy) is 3. The minimum Gasteiger partial charge on any atom is -0.508 e. The number of aromatic hydroxyl groups is 6. The number of unbranched alkanes of at least 4 members (excludes halogenated alkanes) is 4. The molecule has 1 unspecified atom stereocenters. The van der Waals surface area contributed by atoms with Crippen LogP contribution < -0.4 is 15.5 Å². The zero-order valence-electron chi connectivity index (χ0n) is 74.9. The summed E-state index contributed by atoms with van der Waals surface area (Å²) >= 11 is 0. The molecule has 2 saturated carbocycles. The minimum atomic E-state index is -1.59. The number of aliphatic hydroxyl groups is 3. The van der Waals surface area contributed by atoms with E-state index in [1.807, 2.05) is 45.9 Å². The summed E-state index contributed by atoms with van der Waals surface area (Å²) in [6.07, 6.45) is 27.4. The van der Waals surface area contributed by atoms with E-state index in [2.05, 4.69) is 94.8 Å². The predicted octanol–water partition coefficient (Wildman–Crippen LogP) is 21.5. The normalized spacial score (nSPS) is 22.7. The first-order valence-corrected chi connectivity index (χ1v) is 43.3. The Morgan fingerprint density at radius 3 is 2.04 bits per heavy atom. The van der Waals surface area contributed by atoms with Crippen molar-refractivity contribution in [1.29, 1.82) is 0 Å². The molecule has 2 aliphatic heterocycles. The monoisotopic (exact) mass is 1690 g/mol. The molecule has 2 aromatic heterocycles. The summed E-state index contributed by atoms with van der Waals surface area (Å²) in [4.78, 5) is 62.2. The number of hydrogen-bond acceptors (Lipinski definition) is 18. The first-order valence-electron chi connectivity index (χ1n) is 43.3. The summed E-state index contributed by atoms with van der Waals surface area (Å²) in [6.45, 7) is 36.2. The lowest BCUT2D eigenvalue weighted by Crippen LogP contribution is -2.62. The van der Waals surface area contributed by atoms with E-state index in [9.17, 15) is 69.9 Å². The molecule has 4 heterocycles. The molecule has 0 saturated heterocycles. The number of aliphatic hydroxyl groups excluding tert-OH is 2. The van der Waals surface area contributed by atoms with Gasteiger partial charge in [-0.3, -0.25) is 14.4 Å². The maximum atomic E-state index is 12.2. The van der Waals surface area contributed by atoms with Gasteiger partial charge in [0, 0.05) is 87.1 Å². The van der Waals surface area contributed by atoms with Gasteiger partial charge in [-0.1, -0.05) is 134 Å². The van der Waals surface area contributed by atoms with E-state index >= 15 is 0 Å². The number of carboxylic acid groups (broad SMARTS) is 1. The SMILES string of the molecule is C=C1OC(C)C/C=C/[C@H](O)CCC/C=C/c2cc(O)cc(C)c21.CC(C)=CCC[C@]1(C)[C@@H](O)CC[C@@]2(C)[C@H]1CC[C@H]1Cc3c([nH]c4ccccc34)[C@@]12C.CCCCCCCC(=O)N[C@@H](CC(C)C)C(=O)OC.Cc1cc(=O)c2c(cc(O)c3c(C)cc(O)cc32)o1.Cc1cc(C)c(C(=O)O)c(O)c1.Cc1cc(O)cc2c3c(cc(O)c12)O[C@@](C)(O)CC3=O. The molecular weight excluding hydrogens is 1560 g/mol. The second kappa shape index (κ2) is 41.1. The Morgan fingerprint density at radius 1 is 0.732 bits per heavy atom. The van der Waals surface area contributed by atoms with Gasteiger partial charge in [-0.15, -0.1) is 0 Å². The third kappa shape index (κ3) is 22.6. The Balaban J connectivity index is 0.000000171. The summed E-state index contributed by atoms with van der Waals surface area (Å²) in [7, 11) is 1.35. The number of Topliss-reactive ketones (excluding diaryl/α,β-unsaturated/α-hetero) is 1. The summed E-state index contributed by atoms with van der Waals surface area (Å²) in [5, 5.41) is 105. The van der Waals surface area contributed by atoms with Gasteiger partial charge in [0.1, 0.15) is 69.0 Å². The summed E-state index contributed by atoms with van der Waals surface area (Å²) in [5.41, 5.74) is 12.2. The number of para-hydroxylation sites is 1. The highest BCUT2D eigenvalue weighted by molar-refractivity contribution is 6.14. The van der Waals surface area contributed by atoms with Crippen molar-refractivity contribution < 1.29 is 88.9 Å². The first kappa shape index (κ1) is 96.0. The van der Waals surface area contributed by atoms with Crippen molar-refractivity contribution in [3.63, 3.8) is 0 Å². The summed E-state index contributed by atoms with van der Waals surface area (Å²) in [6, 6.07) is 25.1. The second-order valence-corrected chi connectivity index (χ2v) is 35.9. The molecule has 0 spiro atoms. The average Bonchev–Trinajstić information content (AvgIpc) is 1.54. The van der Waals surface area contributed by atoms with Crippen LogP contribution in [0.1, 0.15) is 261 Å². The number of aryl methyl sites for hydroxylation is 6. The molecule has 9 aromatic rings. The lowest BCUT2D eigenvalue weighted by atomic mass is 9.40. The van der Waals surface area contributed by atoms with Crippen LogP contribution >= 0.6 is 0 Å². The van der Waals surface area contributed by atoms with Crippen LogP contribution in [0.3, 0.4) is 0 Å². The van der Waals surface area contributed by atoms with Gasteiger partial charge in [-0.25, -0.2) is 9.59 Å². The quantitative estimate of drug-likeness (QED) is 0.0208. The number of allylic oxidation sites excluding steroid dienone is 3. The molecule has 123 heavy (non-hydrogen) atoms. The highest BCUT2D eigenvalue weighted by Crippen LogP contribution is 2.70. The minimum absolute atomic E-state index is 0.00169. The van der Waals surface area contributed by atoms with Gasteiger partial charge in [0.05, 0.1) is 42.8 Å². The molecule has 21 heteroatoms. The van der Waals surface area contributed by atoms with Gasteiger partial charge >= 0.3 is 11.9 Å². The van der Waals surface area contributed by atoms with E-state index in [1.165, 1.54) is 117 Å². The van der Waals surface area contributed by atoms with Crippen molar-refractivity contribution in [2.75, 3.05) is 7.11 Å². The number of carbonyl (C=O) groups excluding carboxylic acids is 3. The molecule has 2 fully saturated rings. The summed E-state index contributed by atoms with van der Waals surface area (Å²) < 4.78 is 21.5. The Morgan fingerprint density at radius 2 is 1.38 bits per heavy atom. The zero-order chi connectivity index (χ0) is 90.5. The molecule has 7 aromatic carbocycles. The Labute approximate surface area is 723 Å². The van der Waals surface area contributed by atoms with E-state index < -0.39 is 23.9 Å². The number of benzene rings is 7. The van der Waals surface area contributed by atoms with Crippen LogP contribution in [0.4, 0.5) is 0 Å². The molecule has 0 radical (unpaired) electrons. The number of fused-ring (bicyclic) bond motifs is 14. The van der Waals surface area contributed by atoms with E-state index in [4.69, 9.17) is 23.7 Å². The lowest BCUT2D eigenvalue weighted by molar-refractivity contribution is -0.166. The van der Waals surface area contributed by atoms with Crippen molar-refractivity contribution in [3.05, 3.63) is 205 Å². The van der Waals surface area contributed by atoms with E-state index in [-0.39, 0.29) is 109 Å². The maximum Gasteiger partial charge on any atom is 0.339 e. The standard InChI is InChI=1S/C28H39NO.C20H26O3.C15H29NO3.C15H14O5.C15H12O4.C9H10O3/c1-18(2)9-8-15-26(3)23-13-12-19-17-21-20-10-6-7-11-22(20)29-25(21)28(19,5)27(23,4)16-14-24(26)30;1-14-12-19(22)13-17-9-5-4-6-10-18(21)11-7-8-15(2)23-16(3)20(14)17;1-5-6-7-8-9-10-14(17)16-13(11-12(2)3)15(18)19-4;1-7-3-8(16)4-9-13(7)10(17)5-12-14(9)11(18)6-15(2,19)20-12;1-7-3-9(16)5-10-14(7)12(18)6-13-15(10)11(17)4-8(2)19-13;1-5-3-6(2)8(9(11)12)7(10)4-5/h6-7,9-11,19,23-24,29-30H,8,12-17H2,1-5H3;5,7,9,11-13,15,18,21-22H,3-4,6,8,10H2,1-2H3;12-13H,5-11H2,1-4H3,(H,16,17);3-5,16-17,19H,6H2,1-2H3;3-6,16,18H,1-2H3;3-4,10H,1-2H3,(H,11,12)/b;9-5+,11-7+;;;;/t19-,23-,24-,26-,27-,28+;15?,18-;13-;15-;;/m0101../s1. The fraction of sp³-hybridized carbons (Fsp3) is 0.461. The number of ketones is 1. The number of aromatic nitrogens is 1. The molecule has 21 nitrogen and oxygen atoms in total. The molecule has 14 rings (SSSR count). The summed E-state index contributed by atoms with van der Waals surface area (Å²) in [5.74, 6) is -0.400. The molecule has 5 aliphatic rings. The highest BCUT2D eigenvalue weighted by atomic mass is 16.6. The molecule has 662 valence electrons. The number of phenols is 6. The van der Waals surface area contributed by atoms with Gasteiger partial charge in [-0.2, -0.15) is 0 Å². The third-order valence-electron chi connectivity index (χ3n) is 25.4. The van der Waals surface area contributed by atoms with Crippen LogP contribution in [0.15, 0.2) is 137 Å². The van der Waals surface area contributed by atoms with Gasteiger partial charge in [-0.05, 0) is 255 Å². The molecule has 0 bridgehead atoms. The Bertz CT molecular complexity index is 5480. The Kier molecular flexibility index (Phi) is 32.1. The zero-order valence-corrected chi connectivity index (χ0v) is 74.9. The van der Waals surface area contributed by atoms with Crippen molar-refractivity contribution in [2.24, 2.45) is 28.6 Å². The number of carbonyl (C=O) groups is 4. The number of rotatable bonds is 14. The van der Waals surface area contributed by atoms with Crippen LogP contribution in [0.5, 0.6) is 40.2 Å². The third-order valence-corrected chi connectivity index (χ3v) is 25.4. The highest BCUT2D eigenvalue weighted by Gasteiger charge is 2.66. The largest absolute Gasteiger partial charge is 0.508 e.